The van der Waals surface area contributed by atoms with E-state index < -0.39 is 42.1 Å². The summed E-state index contributed by atoms with van der Waals surface area (Å²) in [5, 5.41) is 23.3. The minimum Gasteiger partial charge on any atom is -0.378 e. The molecule has 1 aliphatic rings. The predicted molar refractivity (Wildman–Crippen MR) is 157 cm³/mol. The van der Waals surface area contributed by atoms with Gasteiger partial charge in [-0.25, -0.2) is 4.98 Å². The van der Waals surface area contributed by atoms with Crippen LogP contribution in [0.2, 0.25) is 0 Å². The molecule has 11 nitrogen and oxygen atoms in total. The lowest BCUT2D eigenvalue weighted by Crippen LogP contribution is -2.56. The van der Waals surface area contributed by atoms with Gasteiger partial charge < -0.3 is 25.9 Å². The second-order valence-corrected chi connectivity index (χ2v) is 11.1. The minimum atomic E-state index is -1.03. The van der Waals surface area contributed by atoms with Crippen molar-refractivity contribution < 1.29 is 24.3 Å². The number of fused-ring (bicyclic) bond motifs is 1. The Kier molecular flexibility index (Phi) is 10.7. The summed E-state index contributed by atoms with van der Waals surface area (Å²) in [5.74, 6) is -1.74. The number of amides is 3. The van der Waals surface area contributed by atoms with Gasteiger partial charge in [0.25, 0.3) is 5.91 Å². The van der Waals surface area contributed by atoms with Crippen LogP contribution >= 0.6 is 0 Å². The van der Waals surface area contributed by atoms with Crippen molar-refractivity contribution in [2.45, 2.75) is 63.9 Å². The van der Waals surface area contributed by atoms with Crippen LogP contribution in [-0.2, 0) is 20.8 Å². The molecule has 2 heterocycles. The first kappa shape index (κ1) is 30.7. The summed E-state index contributed by atoms with van der Waals surface area (Å²) in [6.07, 6.45) is 5.52. The number of carbonyl (C=O) groups is 4. The molecule has 0 saturated carbocycles. The first-order valence-corrected chi connectivity index (χ1v) is 14.3. The van der Waals surface area contributed by atoms with Crippen LogP contribution in [0.25, 0.3) is 10.8 Å². The highest BCUT2D eigenvalue weighted by molar-refractivity contribution is 5.97. The van der Waals surface area contributed by atoms with Crippen LogP contribution in [-0.4, -0.2) is 70.0 Å². The fourth-order valence-electron chi connectivity index (χ4n) is 5.27. The molecule has 0 spiro atoms. The van der Waals surface area contributed by atoms with Gasteiger partial charge in [0.15, 0.2) is 0 Å². The fraction of sp³-hybridized carbons (Fsp3) is 0.419. The lowest BCUT2D eigenvalue weighted by Gasteiger charge is -2.26. The molecule has 3 amide bonds. The average Bonchev–Trinajstić information content (AvgIpc) is 3.40. The van der Waals surface area contributed by atoms with Crippen LogP contribution in [0.15, 0.2) is 61.1 Å². The first-order chi connectivity index (χ1) is 20.2. The largest absolute Gasteiger partial charge is 0.378 e. The SMILES string of the molecule is CC(C)C[C@H](NC(=O)[C@H](Cc1cccc2ccccc12)NC(=O)c1cnccn1)C(=O)N[C@H](C=O)C[C@@H]1CCNC1O. The fourth-order valence-corrected chi connectivity index (χ4v) is 5.27. The van der Waals surface area contributed by atoms with E-state index in [1.54, 1.807) is 0 Å². The van der Waals surface area contributed by atoms with Crippen LogP contribution in [0, 0.1) is 11.8 Å². The van der Waals surface area contributed by atoms with Gasteiger partial charge in [0.05, 0.1) is 12.2 Å². The van der Waals surface area contributed by atoms with Crippen molar-refractivity contribution >= 4 is 34.8 Å². The third-order valence-corrected chi connectivity index (χ3v) is 7.43. The van der Waals surface area contributed by atoms with Crippen molar-refractivity contribution in [2.75, 3.05) is 6.54 Å². The number of nitrogens with zero attached hydrogens (tertiary/aromatic N) is 2. The van der Waals surface area contributed by atoms with Crippen molar-refractivity contribution in [3.8, 4) is 0 Å². The highest BCUT2D eigenvalue weighted by Crippen LogP contribution is 2.21. The highest BCUT2D eigenvalue weighted by atomic mass is 16.3. The van der Waals surface area contributed by atoms with Crippen LogP contribution in [0.5, 0.6) is 0 Å². The highest BCUT2D eigenvalue weighted by Gasteiger charge is 2.32. The molecular weight excluding hydrogens is 536 g/mol. The summed E-state index contributed by atoms with van der Waals surface area (Å²) in [6.45, 7) is 4.48. The molecule has 0 aliphatic carbocycles. The number of aromatic nitrogens is 2. The maximum Gasteiger partial charge on any atom is 0.272 e. The molecule has 1 aromatic heterocycles. The Labute approximate surface area is 244 Å². The number of aldehydes is 1. The molecule has 0 radical (unpaired) electrons. The van der Waals surface area contributed by atoms with E-state index in [9.17, 15) is 24.3 Å². The lowest BCUT2D eigenvalue weighted by molar-refractivity contribution is -0.131. The molecule has 11 heteroatoms. The zero-order valence-electron chi connectivity index (χ0n) is 23.8. The van der Waals surface area contributed by atoms with Gasteiger partial charge in [-0.05, 0) is 48.1 Å². The Hall–Kier alpha value is -4.22. The number of benzene rings is 2. The molecule has 5 atom stereocenters. The van der Waals surface area contributed by atoms with E-state index in [2.05, 4.69) is 31.2 Å². The Balaban J connectivity index is 1.54. The van der Waals surface area contributed by atoms with Crippen molar-refractivity contribution in [1.82, 2.24) is 31.2 Å². The number of hydrogen-bond donors (Lipinski definition) is 5. The van der Waals surface area contributed by atoms with Crippen molar-refractivity contribution in [2.24, 2.45) is 11.8 Å². The molecule has 42 heavy (non-hydrogen) atoms. The molecule has 0 bridgehead atoms. The standard InChI is InChI=1S/C31H38N6O5/c1-19(2)14-25(29(40)35-23(18-38)15-22-10-11-34-28(22)39)36-30(41)26(37-31(42)27-17-32-12-13-33-27)16-21-8-5-7-20-6-3-4-9-24(20)21/h3-9,12-13,17-19,22-23,25-26,28,34,39H,10-11,14-16H2,1-2H3,(H,35,40)(H,36,41)(H,37,42)/t22-,23-,25-,26-,28?/m0/s1. The van der Waals surface area contributed by atoms with Gasteiger partial charge >= 0.3 is 0 Å². The van der Waals surface area contributed by atoms with E-state index in [4.69, 9.17) is 0 Å². The Morgan fingerprint density at radius 1 is 1.02 bits per heavy atom. The average molecular weight is 575 g/mol. The molecule has 1 saturated heterocycles. The van der Waals surface area contributed by atoms with Crippen molar-refractivity contribution in [3.05, 3.63) is 72.3 Å². The third kappa shape index (κ3) is 8.17. The Morgan fingerprint density at radius 3 is 2.48 bits per heavy atom. The molecule has 1 aliphatic heterocycles. The zero-order valence-corrected chi connectivity index (χ0v) is 23.8. The number of rotatable bonds is 13. The van der Waals surface area contributed by atoms with Gasteiger partial charge in [-0.15, -0.1) is 0 Å². The minimum absolute atomic E-state index is 0.0438. The van der Waals surface area contributed by atoms with E-state index in [1.165, 1.54) is 18.6 Å². The van der Waals surface area contributed by atoms with E-state index in [1.807, 2.05) is 56.3 Å². The summed E-state index contributed by atoms with van der Waals surface area (Å²) in [7, 11) is 0. The zero-order chi connectivity index (χ0) is 30.1. The number of carbonyl (C=O) groups excluding carboxylic acids is 4. The van der Waals surface area contributed by atoms with Gasteiger partial charge in [-0.2, -0.15) is 0 Å². The number of aliphatic hydroxyl groups excluding tert-OH is 1. The molecule has 3 aromatic rings. The van der Waals surface area contributed by atoms with Crippen molar-refractivity contribution in [3.63, 3.8) is 0 Å². The Morgan fingerprint density at radius 2 is 1.79 bits per heavy atom. The van der Waals surface area contributed by atoms with Gasteiger partial charge in [0.2, 0.25) is 11.8 Å². The second-order valence-electron chi connectivity index (χ2n) is 11.1. The second kappa shape index (κ2) is 14.6. The molecule has 4 rings (SSSR count). The molecule has 1 unspecified atom stereocenters. The van der Waals surface area contributed by atoms with Gasteiger partial charge in [0, 0.05) is 24.7 Å². The molecular formula is C31H38N6O5. The van der Waals surface area contributed by atoms with Crippen molar-refractivity contribution in [1.29, 1.82) is 0 Å². The Bertz CT molecular complexity index is 1380. The number of aliphatic hydroxyl groups is 1. The summed E-state index contributed by atoms with van der Waals surface area (Å²) in [4.78, 5) is 60.0. The van der Waals surface area contributed by atoms with Crippen LogP contribution in [0.1, 0.15) is 49.2 Å². The first-order valence-electron chi connectivity index (χ1n) is 14.3. The number of hydrogen-bond acceptors (Lipinski definition) is 8. The van der Waals surface area contributed by atoms with E-state index in [0.717, 1.165) is 16.3 Å². The van der Waals surface area contributed by atoms with E-state index >= 15 is 0 Å². The monoisotopic (exact) mass is 574 g/mol. The summed E-state index contributed by atoms with van der Waals surface area (Å²) < 4.78 is 0. The van der Waals surface area contributed by atoms with Gasteiger partial charge in [0.1, 0.15) is 30.3 Å². The quantitative estimate of drug-likeness (QED) is 0.192. The normalized spacial score (nSPS) is 18.7. The summed E-state index contributed by atoms with van der Waals surface area (Å²) in [5.41, 5.74) is 0.907. The van der Waals surface area contributed by atoms with E-state index in [0.29, 0.717) is 25.7 Å². The topological polar surface area (TPSA) is 162 Å². The van der Waals surface area contributed by atoms with Crippen LogP contribution in [0.3, 0.4) is 0 Å². The van der Waals surface area contributed by atoms with Crippen LogP contribution in [0.4, 0.5) is 0 Å². The molecule has 5 N–H and O–H groups in total. The number of nitrogens with one attached hydrogen (secondary N) is 4. The van der Waals surface area contributed by atoms with Gasteiger partial charge in [-0.3, -0.25) is 24.7 Å². The van der Waals surface area contributed by atoms with Crippen LogP contribution < -0.4 is 21.3 Å². The molecule has 222 valence electrons. The molecule has 1 fully saturated rings. The van der Waals surface area contributed by atoms with E-state index in [-0.39, 0.29) is 30.4 Å². The predicted octanol–water partition coefficient (Wildman–Crippen LogP) is 1.50. The summed E-state index contributed by atoms with van der Waals surface area (Å²) >= 11 is 0. The lowest BCUT2D eigenvalue weighted by atomic mass is 9.96. The smallest absolute Gasteiger partial charge is 0.272 e. The summed E-state index contributed by atoms with van der Waals surface area (Å²) in [6, 6.07) is 10.7. The maximum atomic E-state index is 13.8. The van der Waals surface area contributed by atoms with Gasteiger partial charge in [-0.1, -0.05) is 56.3 Å². The third-order valence-electron chi connectivity index (χ3n) is 7.43. The maximum absolute atomic E-state index is 13.8. The molecule has 2 aromatic carbocycles.